The molecule has 0 aromatic heterocycles. The van der Waals surface area contributed by atoms with Gasteiger partial charge < -0.3 is 33.9 Å². The smallest absolute Gasteiger partial charge is 0.174 e. The van der Waals surface area contributed by atoms with Gasteiger partial charge in [-0.15, -0.1) is 0 Å². The fourth-order valence-corrected chi connectivity index (χ4v) is 4.53. The zero-order valence-corrected chi connectivity index (χ0v) is 21.2. The van der Waals surface area contributed by atoms with Crippen molar-refractivity contribution in [1.82, 2.24) is 4.90 Å². The molecule has 0 unspecified atom stereocenters. The van der Waals surface area contributed by atoms with E-state index in [1.165, 1.54) is 5.56 Å². The summed E-state index contributed by atoms with van der Waals surface area (Å²) >= 11 is 5.86. The maximum atomic E-state index is 6.22. The van der Waals surface area contributed by atoms with Crippen molar-refractivity contribution >= 4 is 23.0 Å². The molecule has 0 aliphatic carbocycles. The van der Waals surface area contributed by atoms with Crippen molar-refractivity contribution in [3.63, 3.8) is 0 Å². The SMILES string of the molecule is COc1ccc(OC[C@H]2c3cc(OC)c(OC)cc3CCN2C(=S)Nc2cccc(OC)c2)cc1. The van der Waals surface area contributed by atoms with Crippen LogP contribution in [0.15, 0.2) is 60.7 Å². The van der Waals surface area contributed by atoms with E-state index in [0.29, 0.717) is 23.2 Å². The summed E-state index contributed by atoms with van der Waals surface area (Å²) in [7, 11) is 6.58. The molecule has 184 valence electrons. The maximum Gasteiger partial charge on any atom is 0.174 e. The third-order valence-electron chi connectivity index (χ3n) is 6.05. The summed E-state index contributed by atoms with van der Waals surface area (Å²) in [6.45, 7) is 1.13. The highest BCUT2D eigenvalue weighted by Gasteiger charge is 2.31. The number of thiocarbonyl (C=S) groups is 1. The van der Waals surface area contributed by atoms with Gasteiger partial charge in [0.15, 0.2) is 16.6 Å². The van der Waals surface area contributed by atoms with Crippen LogP contribution in [0, 0.1) is 0 Å². The van der Waals surface area contributed by atoms with Gasteiger partial charge in [0, 0.05) is 18.3 Å². The first-order chi connectivity index (χ1) is 17.1. The first-order valence-electron chi connectivity index (χ1n) is 11.3. The Bertz CT molecular complexity index is 1170. The van der Waals surface area contributed by atoms with Crippen LogP contribution in [0.25, 0.3) is 0 Å². The van der Waals surface area contributed by atoms with Crippen LogP contribution in [0.2, 0.25) is 0 Å². The zero-order chi connectivity index (χ0) is 24.8. The zero-order valence-electron chi connectivity index (χ0n) is 20.4. The third kappa shape index (κ3) is 5.54. The summed E-state index contributed by atoms with van der Waals surface area (Å²) in [6.07, 6.45) is 0.814. The highest BCUT2D eigenvalue weighted by Crippen LogP contribution is 2.39. The predicted octanol–water partition coefficient (Wildman–Crippen LogP) is 5.10. The van der Waals surface area contributed by atoms with E-state index >= 15 is 0 Å². The Hall–Kier alpha value is -3.65. The van der Waals surface area contributed by atoms with E-state index in [2.05, 4.69) is 10.2 Å². The average Bonchev–Trinajstić information content (AvgIpc) is 2.91. The van der Waals surface area contributed by atoms with Crippen molar-refractivity contribution in [2.45, 2.75) is 12.5 Å². The van der Waals surface area contributed by atoms with Gasteiger partial charge in [-0.25, -0.2) is 0 Å². The lowest BCUT2D eigenvalue weighted by atomic mass is 9.92. The Kier molecular flexibility index (Phi) is 7.82. The van der Waals surface area contributed by atoms with Crippen LogP contribution in [0.4, 0.5) is 5.69 Å². The van der Waals surface area contributed by atoms with Crippen LogP contribution in [-0.4, -0.2) is 51.6 Å². The van der Waals surface area contributed by atoms with Crippen molar-refractivity contribution in [3.05, 3.63) is 71.8 Å². The summed E-state index contributed by atoms with van der Waals surface area (Å²) in [5.74, 6) is 3.69. The van der Waals surface area contributed by atoms with E-state index in [1.54, 1.807) is 28.4 Å². The molecule has 4 rings (SSSR count). The normalized spacial score (nSPS) is 14.5. The molecule has 35 heavy (non-hydrogen) atoms. The molecular formula is C27H30N2O5S. The molecule has 0 spiro atoms. The first-order valence-corrected chi connectivity index (χ1v) is 11.7. The monoisotopic (exact) mass is 494 g/mol. The lowest BCUT2D eigenvalue weighted by molar-refractivity contribution is 0.190. The Labute approximate surface area is 211 Å². The van der Waals surface area contributed by atoms with Crippen LogP contribution in [-0.2, 0) is 6.42 Å². The average molecular weight is 495 g/mol. The van der Waals surface area contributed by atoms with Gasteiger partial charge in [0.1, 0.15) is 23.9 Å². The highest BCUT2D eigenvalue weighted by molar-refractivity contribution is 7.80. The topological polar surface area (TPSA) is 61.4 Å². The van der Waals surface area contributed by atoms with E-state index in [1.807, 2.05) is 60.7 Å². The van der Waals surface area contributed by atoms with Crippen molar-refractivity contribution in [1.29, 1.82) is 0 Å². The van der Waals surface area contributed by atoms with Gasteiger partial charge in [-0.05, 0) is 78.3 Å². The van der Waals surface area contributed by atoms with Crippen LogP contribution in [0.5, 0.6) is 28.7 Å². The van der Waals surface area contributed by atoms with Crippen molar-refractivity contribution in [2.75, 3.05) is 46.9 Å². The quantitative estimate of drug-likeness (QED) is 0.434. The molecule has 8 heteroatoms. The first kappa shape index (κ1) is 24.5. The standard InChI is InChI=1S/C27H30N2O5S/c1-30-20-8-10-21(11-9-20)34-17-24-23-16-26(33-4)25(32-3)14-18(23)12-13-29(24)27(35)28-19-6-5-7-22(15-19)31-2/h5-11,14-16,24H,12-13,17H2,1-4H3,(H,28,35)/t24-/m0/s1. The van der Waals surface area contributed by atoms with Gasteiger partial charge in [-0.1, -0.05) is 6.07 Å². The van der Waals surface area contributed by atoms with Crippen LogP contribution >= 0.6 is 12.2 Å². The number of anilines is 1. The molecule has 0 amide bonds. The number of benzene rings is 3. The number of rotatable bonds is 8. The van der Waals surface area contributed by atoms with Gasteiger partial charge in [0.05, 0.1) is 34.5 Å². The minimum Gasteiger partial charge on any atom is -0.497 e. The second-order valence-electron chi connectivity index (χ2n) is 8.01. The maximum absolute atomic E-state index is 6.22. The van der Waals surface area contributed by atoms with Gasteiger partial charge in [0.2, 0.25) is 0 Å². The third-order valence-corrected chi connectivity index (χ3v) is 6.39. The molecule has 0 fully saturated rings. The second-order valence-corrected chi connectivity index (χ2v) is 8.40. The Morgan fingerprint density at radius 3 is 2.23 bits per heavy atom. The summed E-state index contributed by atoms with van der Waals surface area (Å²) in [6, 6.07) is 19.2. The Morgan fingerprint density at radius 2 is 1.54 bits per heavy atom. The summed E-state index contributed by atoms with van der Waals surface area (Å²) < 4.78 is 28.0. The molecular weight excluding hydrogens is 464 g/mol. The Balaban J connectivity index is 1.62. The largest absolute Gasteiger partial charge is 0.497 e. The lowest BCUT2D eigenvalue weighted by Gasteiger charge is -2.39. The molecule has 1 atom stereocenters. The summed E-state index contributed by atoms with van der Waals surface area (Å²) in [4.78, 5) is 2.16. The molecule has 3 aromatic rings. The molecule has 0 saturated heterocycles. The molecule has 1 aliphatic heterocycles. The van der Waals surface area contributed by atoms with E-state index in [4.69, 9.17) is 35.9 Å². The fraction of sp³-hybridized carbons (Fsp3) is 0.296. The van der Waals surface area contributed by atoms with E-state index in [9.17, 15) is 0 Å². The predicted molar refractivity (Wildman–Crippen MR) is 140 cm³/mol. The van der Waals surface area contributed by atoms with E-state index < -0.39 is 0 Å². The van der Waals surface area contributed by atoms with Gasteiger partial charge in [-0.3, -0.25) is 0 Å². The number of hydrogen-bond donors (Lipinski definition) is 1. The molecule has 7 nitrogen and oxygen atoms in total. The molecule has 0 radical (unpaired) electrons. The van der Waals surface area contributed by atoms with E-state index in [0.717, 1.165) is 41.5 Å². The van der Waals surface area contributed by atoms with E-state index in [-0.39, 0.29) is 6.04 Å². The Morgan fingerprint density at radius 1 is 0.857 bits per heavy atom. The van der Waals surface area contributed by atoms with Crippen molar-refractivity contribution < 1.29 is 23.7 Å². The number of methoxy groups -OCH3 is 4. The van der Waals surface area contributed by atoms with Gasteiger partial charge >= 0.3 is 0 Å². The lowest BCUT2D eigenvalue weighted by Crippen LogP contribution is -2.44. The summed E-state index contributed by atoms with van der Waals surface area (Å²) in [5, 5.41) is 3.97. The minimum absolute atomic E-state index is 0.133. The van der Waals surface area contributed by atoms with Crippen LogP contribution in [0.1, 0.15) is 17.2 Å². The molecule has 1 aliphatic rings. The highest BCUT2D eigenvalue weighted by atomic mass is 32.1. The van der Waals surface area contributed by atoms with Crippen molar-refractivity contribution in [2.24, 2.45) is 0 Å². The number of fused-ring (bicyclic) bond motifs is 1. The molecule has 0 saturated carbocycles. The molecule has 1 heterocycles. The van der Waals surface area contributed by atoms with Crippen LogP contribution < -0.4 is 29.0 Å². The number of nitrogens with zero attached hydrogens (tertiary/aromatic N) is 1. The van der Waals surface area contributed by atoms with Gasteiger partial charge in [0.25, 0.3) is 0 Å². The fourth-order valence-electron chi connectivity index (χ4n) is 4.19. The number of hydrogen-bond acceptors (Lipinski definition) is 6. The van der Waals surface area contributed by atoms with Crippen molar-refractivity contribution in [3.8, 4) is 28.7 Å². The molecule has 1 N–H and O–H groups in total. The number of ether oxygens (including phenoxy) is 5. The minimum atomic E-state index is -0.133. The second kappa shape index (κ2) is 11.2. The molecule has 0 bridgehead atoms. The molecule has 3 aromatic carbocycles. The van der Waals surface area contributed by atoms with Gasteiger partial charge in [-0.2, -0.15) is 0 Å². The van der Waals surface area contributed by atoms with Crippen LogP contribution in [0.3, 0.4) is 0 Å². The number of nitrogens with one attached hydrogen (secondary N) is 1. The summed E-state index contributed by atoms with van der Waals surface area (Å²) in [5.41, 5.74) is 3.14.